The third kappa shape index (κ3) is 5.14. The zero-order valence-corrected chi connectivity index (χ0v) is 13.3. The third-order valence-corrected chi connectivity index (χ3v) is 3.89. The molecule has 1 unspecified atom stereocenters. The van der Waals surface area contributed by atoms with Crippen molar-refractivity contribution < 1.29 is 9.47 Å². The Labute approximate surface area is 123 Å². The van der Waals surface area contributed by atoms with E-state index < -0.39 is 0 Å². The van der Waals surface area contributed by atoms with Gasteiger partial charge in [0.25, 0.3) is 0 Å². The minimum Gasteiger partial charge on any atom is -0.493 e. The summed E-state index contributed by atoms with van der Waals surface area (Å²) in [6, 6.07) is 8.40. The molecule has 1 aromatic carbocycles. The molecule has 0 spiro atoms. The molecule has 114 valence electrons. The molecule has 0 aliphatic heterocycles. The average Bonchev–Trinajstić information content (AvgIpc) is 2.47. The van der Waals surface area contributed by atoms with Gasteiger partial charge in [-0.25, -0.2) is 0 Å². The summed E-state index contributed by atoms with van der Waals surface area (Å²) in [6.07, 6.45) is 2.05. The number of hydrogen-bond acceptors (Lipinski definition) is 3. The fraction of sp³-hybridized carbons (Fsp3) is 0.647. The maximum absolute atomic E-state index is 5.75. The summed E-state index contributed by atoms with van der Waals surface area (Å²) in [5.74, 6) is 0.910. The van der Waals surface area contributed by atoms with Gasteiger partial charge in [-0.3, -0.25) is 0 Å². The topological polar surface area (TPSA) is 44.5 Å². The van der Waals surface area contributed by atoms with Crippen LogP contribution in [0.1, 0.15) is 46.1 Å². The van der Waals surface area contributed by atoms with Crippen LogP contribution in [-0.4, -0.2) is 25.9 Å². The normalized spacial score (nSPS) is 13.2. The highest BCUT2D eigenvalue weighted by molar-refractivity contribution is 5.31. The first kappa shape index (κ1) is 17.0. The van der Waals surface area contributed by atoms with Gasteiger partial charge in [0, 0.05) is 19.6 Å². The van der Waals surface area contributed by atoms with E-state index in [1.807, 2.05) is 19.1 Å². The van der Waals surface area contributed by atoms with E-state index in [1.54, 1.807) is 0 Å². The molecule has 0 aliphatic carbocycles. The zero-order valence-electron chi connectivity index (χ0n) is 13.3. The Balaban J connectivity index is 2.46. The van der Waals surface area contributed by atoms with Gasteiger partial charge in [-0.1, -0.05) is 32.9 Å². The Morgan fingerprint density at radius 1 is 1.15 bits per heavy atom. The van der Waals surface area contributed by atoms with E-state index in [1.165, 1.54) is 5.56 Å². The van der Waals surface area contributed by atoms with Gasteiger partial charge in [0.15, 0.2) is 0 Å². The second kappa shape index (κ2) is 8.28. The van der Waals surface area contributed by atoms with E-state index in [0.29, 0.717) is 19.8 Å². The maximum atomic E-state index is 5.75. The Morgan fingerprint density at radius 2 is 1.80 bits per heavy atom. The summed E-state index contributed by atoms with van der Waals surface area (Å²) in [7, 11) is 0. The minimum atomic E-state index is 0.0956. The predicted molar refractivity (Wildman–Crippen MR) is 84.3 cm³/mol. The van der Waals surface area contributed by atoms with Crippen LogP contribution in [0.25, 0.3) is 0 Å². The molecule has 0 fully saturated rings. The van der Waals surface area contributed by atoms with Crippen molar-refractivity contribution >= 4 is 0 Å². The zero-order chi connectivity index (χ0) is 15.0. The van der Waals surface area contributed by atoms with Crippen molar-refractivity contribution in [1.29, 1.82) is 0 Å². The van der Waals surface area contributed by atoms with Crippen LogP contribution < -0.4 is 10.5 Å². The SMILES string of the molecule is CCOC(CN)CCOc1ccc(C(C)(C)CC)cc1. The number of benzene rings is 1. The van der Waals surface area contributed by atoms with E-state index in [0.717, 1.165) is 18.6 Å². The van der Waals surface area contributed by atoms with Crippen molar-refractivity contribution in [3.05, 3.63) is 29.8 Å². The Morgan fingerprint density at radius 3 is 2.30 bits per heavy atom. The summed E-state index contributed by atoms with van der Waals surface area (Å²) in [5, 5.41) is 0. The van der Waals surface area contributed by atoms with Crippen molar-refractivity contribution in [2.24, 2.45) is 5.73 Å². The van der Waals surface area contributed by atoms with Crippen LogP contribution in [0, 0.1) is 0 Å². The van der Waals surface area contributed by atoms with Gasteiger partial charge in [-0.05, 0) is 36.5 Å². The fourth-order valence-corrected chi connectivity index (χ4v) is 2.02. The molecule has 0 amide bonds. The monoisotopic (exact) mass is 279 g/mol. The molecule has 0 radical (unpaired) electrons. The average molecular weight is 279 g/mol. The molecule has 20 heavy (non-hydrogen) atoms. The summed E-state index contributed by atoms with van der Waals surface area (Å²) < 4.78 is 11.3. The lowest BCUT2D eigenvalue weighted by atomic mass is 9.82. The molecule has 3 heteroatoms. The van der Waals surface area contributed by atoms with Crippen LogP contribution in [0.2, 0.25) is 0 Å². The van der Waals surface area contributed by atoms with E-state index in [9.17, 15) is 0 Å². The molecule has 1 aromatic rings. The molecule has 3 nitrogen and oxygen atoms in total. The molecule has 0 aliphatic rings. The standard InChI is InChI=1S/C17H29NO2/c1-5-17(3,4)14-7-9-15(10-8-14)20-12-11-16(13-18)19-6-2/h7-10,16H,5-6,11-13,18H2,1-4H3. The molecule has 1 rings (SSSR count). The first-order chi connectivity index (χ1) is 9.53. The quantitative estimate of drug-likeness (QED) is 0.752. The minimum absolute atomic E-state index is 0.0956. The van der Waals surface area contributed by atoms with Gasteiger partial charge < -0.3 is 15.2 Å². The predicted octanol–water partition coefficient (Wildman–Crippen LogP) is 3.51. The third-order valence-electron chi connectivity index (χ3n) is 3.89. The summed E-state index contributed by atoms with van der Waals surface area (Å²) >= 11 is 0. The summed E-state index contributed by atoms with van der Waals surface area (Å²) in [4.78, 5) is 0. The van der Waals surface area contributed by atoms with Gasteiger partial charge >= 0.3 is 0 Å². The second-order valence-electron chi connectivity index (χ2n) is 5.71. The lowest BCUT2D eigenvalue weighted by Crippen LogP contribution is -2.25. The van der Waals surface area contributed by atoms with Crippen molar-refractivity contribution in [3.8, 4) is 5.75 Å². The maximum Gasteiger partial charge on any atom is 0.119 e. The Kier molecular flexibility index (Phi) is 7.03. The molecule has 0 saturated heterocycles. The second-order valence-corrected chi connectivity index (χ2v) is 5.71. The highest BCUT2D eigenvalue weighted by Gasteiger charge is 2.17. The van der Waals surface area contributed by atoms with E-state index >= 15 is 0 Å². The molecular formula is C17H29NO2. The van der Waals surface area contributed by atoms with Crippen LogP contribution in [0.4, 0.5) is 0 Å². The largest absolute Gasteiger partial charge is 0.493 e. The Hall–Kier alpha value is -1.06. The van der Waals surface area contributed by atoms with Gasteiger partial charge in [-0.2, -0.15) is 0 Å². The Bertz CT molecular complexity index is 373. The van der Waals surface area contributed by atoms with Crippen LogP contribution in [-0.2, 0) is 10.2 Å². The van der Waals surface area contributed by atoms with Crippen LogP contribution in [0.5, 0.6) is 5.75 Å². The highest BCUT2D eigenvalue weighted by atomic mass is 16.5. The number of nitrogens with two attached hydrogens (primary N) is 1. The van der Waals surface area contributed by atoms with Crippen molar-refractivity contribution in [1.82, 2.24) is 0 Å². The first-order valence-corrected chi connectivity index (χ1v) is 7.58. The molecule has 1 atom stereocenters. The van der Waals surface area contributed by atoms with Crippen molar-refractivity contribution in [2.45, 2.75) is 52.1 Å². The molecule has 2 N–H and O–H groups in total. The van der Waals surface area contributed by atoms with E-state index in [2.05, 4.69) is 32.9 Å². The summed E-state index contributed by atoms with van der Waals surface area (Å²) in [5.41, 5.74) is 7.21. The number of hydrogen-bond donors (Lipinski definition) is 1. The number of ether oxygens (including phenoxy) is 2. The molecule has 0 aromatic heterocycles. The van der Waals surface area contributed by atoms with Gasteiger partial charge in [0.2, 0.25) is 0 Å². The van der Waals surface area contributed by atoms with Crippen LogP contribution in [0.15, 0.2) is 24.3 Å². The highest BCUT2D eigenvalue weighted by Crippen LogP contribution is 2.28. The summed E-state index contributed by atoms with van der Waals surface area (Å²) in [6.45, 7) is 10.6. The van der Waals surface area contributed by atoms with E-state index in [-0.39, 0.29) is 11.5 Å². The fourth-order valence-electron chi connectivity index (χ4n) is 2.02. The lowest BCUT2D eigenvalue weighted by molar-refractivity contribution is 0.0527. The van der Waals surface area contributed by atoms with Gasteiger partial charge in [0.05, 0.1) is 12.7 Å². The lowest BCUT2D eigenvalue weighted by Gasteiger charge is -2.23. The van der Waals surface area contributed by atoms with Gasteiger partial charge in [0.1, 0.15) is 5.75 Å². The van der Waals surface area contributed by atoms with Gasteiger partial charge in [-0.15, -0.1) is 0 Å². The first-order valence-electron chi connectivity index (χ1n) is 7.58. The number of rotatable bonds is 9. The van der Waals surface area contributed by atoms with Crippen molar-refractivity contribution in [3.63, 3.8) is 0 Å². The molecule has 0 bridgehead atoms. The molecular weight excluding hydrogens is 250 g/mol. The van der Waals surface area contributed by atoms with Crippen molar-refractivity contribution in [2.75, 3.05) is 19.8 Å². The van der Waals surface area contributed by atoms with Crippen LogP contribution >= 0.6 is 0 Å². The van der Waals surface area contributed by atoms with E-state index in [4.69, 9.17) is 15.2 Å². The molecule has 0 heterocycles. The van der Waals surface area contributed by atoms with Crippen LogP contribution in [0.3, 0.4) is 0 Å². The molecule has 0 saturated carbocycles. The smallest absolute Gasteiger partial charge is 0.119 e.